The number of esters is 1. The van der Waals surface area contributed by atoms with E-state index in [9.17, 15) is 4.79 Å². The number of hydrogen-bond donors (Lipinski definition) is 3. The van der Waals surface area contributed by atoms with Crippen LogP contribution in [0.15, 0.2) is 24.3 Å². The van der Waals surface area contributed by atoms with Crippen LogP contribution in [-0.2, 0) is 4.74 Å². The zero-order valence-corrected chi connectivity index (χ0v) is 8.60. The maximum atomic E-state index is 11.4. The first-order chi connectivity index (χ1) is 7.63. The number of aromatic nitrogens is 1. The first kappa shape index (κ1) is 10.7. The molecular formula is C10H10BNO4. The zero-order valence-electron chi connectivity index (χ0n) is 8.60. The first-order valence-electron chi connectivity index (χ1n) is 4.69. The summed E-state index contributed by atoms with van der Waals surface area (Å²) in [5.74, 6) is -0.466. The summed E-state index contributed by atoms with van der Waals surface area (Å²) >= 11 is 0. The molecule has 0 unspecified atom stereocenters. The summed E-state index contributed by atoms with van der Waals surface area (Å²) in [5, 5.41) is 18.8. The van der Waals surface area contributed by atoms with Crippen molar-refractivity contribution < 1.29 is 19.6 Å². The fourth-order valence-corrected chi connectivity index (χ4v) is 1.60. The molecule has 1 aromatic carbocycles. The van der Waals surface area contributed by atoms with E-state index >= 15 is 0 Å². The molecule has 0 radical (unpaired) electrons. The third kappa shape index (κ3) is 1.68. The highest BCUT2D eigenvalue weighted by atomic mass is 16.5. The molecule has 0 atom stereocenters. The van der Waals surface area contributed by atoms with E-state index in [1.165, 1.54) is 7.11 Å². The van der Waals surface area contributed by atoms with E-state index in [-0.39, 0.29) is 5.59 Å². The summed E-state index contributed by atoms with van der Waals surface area (Å²) in [6.45, 7) is 0. The van der Waals surface area contributed by atoms with Crippen LogP contribution in [0, 0.1) is 0 Å². The highest BCUT2D eigenvalue weighted by Crippen LogP contribution is 2.16. The molecule has 16 heavy (non-hydrogen) atoms. The number of ether oxygens (including phenoxy) is 1. The fraction of sp³-hybridized carbons (Fsp3) is 0.100. The van der Waals surface area contributed by atoms with Crippen LogP contribution in [0.2, 0.25) is 0 Å². The Morgan fingerprint density at radius 3 is 2.81 bits per heavy atom. The maximum Gasteiger partial charge on any atom is 0.505 e. The average molecular weight is 219 g/mol. The predicted molar refractivity (Wildman–Crippen MR) is 59.5 cm³/mol. The number of para-hydroxylation sites is 1. The third-order valence-electron chi connectivity index (χ3n) is 2.36. The molecule has 0 fully saturated rings. The molecule has 3 N–H and O–H groups in total. The van der Waals surface area contributed by atoms with Crippen LogP contribution >= 0.6 is 0 Å². The average Bonchev–Trinajstić information content (AvgIpc) is 2.71. The Labute approximate surface area is 91.8 Å². The maximum absolute atomic E-state index is 11.4. The predicted octanol–water partition coefficient (Wildman–Crippen LogP) is -0.366. The van der Waals surface area contributed by atoms with Crippen LogP contribution < -0.4 is 5.59 Å². The number of methoxy groups -OCH3 is 1. The monoisotopic (exact) mass is 219 g/mol. The van der Waals surface area contributed by atoms with Gasteiger partial charge in [-0.15, -0.1) is 0 Å². The minimum atomic E-state index is -1.59. The van der Waals surface area contributed by atoms with Gasteiger partial charge in [0.15, 0.2) is 0 Å². The van der Waals surface area contributed by atoms with E-state index < -0.39 is 13.1 Å². The van der Waals surface area contributed by atoms with Gasteiger partial charge >= 0.3 is 13.1 Å². The van der Waals surface area contributed by atoms with Gasteiger partial charge in [0.1, 0.15) is 0 Å². The van der Waals surface area contributed by atoms with Crippen molar-refractivity contribution in [2.24, 2.45) is 0 Å². The van der Waals surface area contributed by atoms with Gasteiger partial charge in [0.05, 0.1) is 18.2 Å². The van der Waals surface area contributed by atoms with E-state index in [4.69, 9.17) is 10.0 Å². The number of fused-ring (bicyclic) bond motifs is 1. The Kier molecular flexibility index (Phi) is 2.68. The van der Waals surface area contributed by atoms with Crippen LogP contribution in [0.5, 0.6) is 0 Å². The molecule has 0 aliphatic heterocycles. The van der Waals surface area contributed by atoms with Gasteiger partial charge in [-0.3, -0.25) is 0 Å². The van der Waals surface area contributed by atoms with Gasteiger partial charge in [-0.2, -0.15) is 0 Å². The molecule has 0 saturated heterocycles. The summed E-state index contributed by atoms with van der Waals surface area (Å²) in [6.07, 6.45) is 0. The second-order valence-electron chi connectivity index (χ2n) is 3.36. The Balaban J connectivity index is 2.63. The number of carbonyl (C=O) groups excluding carboxylic acids is 1. The lowest BCUT2D eigenvalue weighted by Gasteiger charge is -2.00. The van der Waals surface area contributed by atoms with Crippen molar-refractivity contribution in [2.75, 3.05) is 7.11 Å². The van der Waals surface area contributed by atoms with Gasteiger partial charge in [0.25, 0.3) is 0 Å². The molecule has 0 aliphatic carbocycles. The molecule has 0 bridgehead atoms. The molecule has 5 nitrogen and oxygen atoms in total. The highest BCUT2D eigenvalue weighted by molar-refractivity contribution is 6.58. The molecule has 0 saturated carbocycles. The van der Waals surface area contributed by atoms with Crippen molar-refractivity contribution in [3.05, 3.63) is 29.8 Å². The lowest BCUT2D eigenvalue weighted by atomic mass is 9.87. The molecular weight excluding hydrogens is 209 g/mol. The number of aromatic amines is 1. The van der Waals surface area contributed by atoms with E-state index in [0.29, 0.717) is 11.1 Å². The topological polar surface area (TPSA) is 82.6 Å². The minimum Gasteiger partial charge on any atom is -0.465 e. The van der Waals surface area contributed by atoms with Gasteiger partial charge < -0.3 is 19.8 Å². The standard InChI is InChI=1S/C10H10BNO4/c1-16-10(13)7-4-2-3-6-5-8(11(14)15)12-9(6)7/h2-5,12,14-15H,1H3. The van der Waals surface area contributed by atoms with Crippen LogP contribution in [-0.4, -0.2) is 35.2 Å². The van der Waals surface area contributed by atoms with E-state index in [1.807, 2.05) is 0 Å². The molecule has 1 heterocycles. The summed E-state index contributed by atoms with van der Waals surface area (Å²) < 4.78 is 4.63. The van der Waals surface area contributed by atoms with Crippen molar-refractivity contribution in [2.45, 2.75) is 0 Å². The van der Waals surface area contributed by atoms with Gasteiger partial charge in [0.2, 0.25) is 0 Å². The minimum absolute atomic E-state index is 0.242. The number of rotatable bonds is 2. The van der Waals surface area contributed by atoms with Crippen molar-refractivity contribution in [3.63, 3.8) is 0 Å². The molecule has 2 aromatic rings. The Bertz CT molecular complexity index is 535. The van der Waals surface area contributed by atoms with Gasteiger partial charge in [-0.25, -0.2) is 4.79 Å². The van der Waals surface area contributed by atoms with E-state index in [0.717, 1.165) is 5.39 Å². The number of benzene rings is 1. The van der Waals surface area contributed by atoms with Gasteiger partial charge in [0, 0.05) is 5.59 Å². The summed E-state index contributed by atoms with van der Waals surface area (Å²) in [7, 11) is -0.288. The van der Waals surface area contributed by atoms with Crippen LogP contribution in [0.25, 0.3) is 10.9 Å². The largest absolute Gasteiger partial charge is 0.505 e. The van der Waals surface area contributed by atoms with Crippen LogP contribution in [0.1, 0.15) is 10.4 Å². The summed E-state index contributed by atoms with van der Waals surface area (Å²) in [6, 6.07) is 6.66. The lowest BCUT2D eigenvalue weighted by molar-refractivity contribution is 0.0603. The Hall–Kier alpha value is -1.79. The number of nitrogens with one attached hydrogen (secondary N) is 1. The third-order valence-corrected chi connectivity index (χ3v) is 2.36. The van der Waals surface area contributed by atoms with Gasteiger partial charge in [-0.05, 0) is 17.5 Å². The molecule has 1 aromatic heterocycles. The normalized spacial score (nSPS) is 10.4. The Morgan fingerprint density at radius 2 is 2.19 bits per heavy atom. The number of H-pyrrole nitrogens is 1. The smallest absolute Gasteiger partial charge is 0.465 e. The van der Waals surface area contributed by atoms with E-state index in [2.05, 4.69) is 9.72 Å². The van der Waals surface area contributed by atoms with Crippen molar-refractivity contribution in [3.8, 4) is 0 Å². The molecule has 0 amide bonds. The summed E-state index contributed by atoms with van der Waals surface area (Å²) in [5.41, 5.74) is 1.15. The zero-order chi connectivity index (χ0) is 11.7. The number of carbonyl (C=O) groups is 1. The molecule has 0 spiro atoms. The Morgan fingerprint density at radius 1 is 1.44 bits per heavy atom. The highest BCUT2D eigenvalue weighted by Gasteiger charge is 2.17. The van der Waals surface area contributed by atoms with Gasteiger partial charge in [-0.1, -0.05) is 12.1 Å². The van der Waals surface area contributed by atoms with Crippen molar-refractivity contribution >= 4 is 29.6 Å². The first-order valence-corrected chi connectivity index (χ1v) is 4.69. The second-order valence-corrected chi connectivity index (χ2v) is 3.36. The van der Waals surface area contributed by atoms with Crippen LogP contribution in [0.4, 0.5) is 0 Å². The quantitative estimate of drug-likeness (QED) is 0.475. The van der Waals surface area contributed by atoms with Crippen molar-refractivity contribution in [1.82, 2.24) is 4.98 Å². The molecule has 2 rings (SSSR count). The second kappa shape index (κ2) is 4.00. The number of hydrogen-bond acceptors (Lipinski definition) is 4. The lowest BCUT2D eigenvalue weighted by Crippen LogP contribution is -2.30. The SMILES string of the molecule is COC(=O)c1cccc2cc(B(O)O)[nH]c12. The summed E-state index contributed by atoms with van der Waals surface area (Å²) in [4.78, 5) is 14.2. The van der Waals surface area contributed by atoms with Crippen molar-refractivity contribution in [1.29, 1.82) is 0 Å². The fourth-order valence-electron chi connectivity index (χ4n) is 1.60. The molecule has 6 heteroatoms. The molecule has 82 valence electrons. The van der Waals surface area contributed by atoms with Crippen LogP contribution in [0.3, 0.4) is 0 Å². The van der Waals surface area contributed by atoms with E-state index in [1.54, 1.807) is 24.3 Å². The molecule has 0 aliphatic rings.